The van der Waals surface area contributed by atoms with Crippen LogP contribution in [0, 0.1) is 5.92 Å². The fourth-order valence-electron chi connectivity index (χ4n) is 2.59. The normalized spacial score (nSPS) is 24.7. The summed E-state index contributed by atoms with van der Waals surface area (Å²) in [6.07, 6.45) is 7.72. The van der Waals surface area contributed by atoms with E-state index in [4.69, 9.17) is 10.5 Å². The zero-order valence-electron chi connectivity index (χ0n) is 10.8. The van der Waals surface area contributed by atoms with Gasteiger partial charge in [0.05, 0.1) is 30.9 Å². The third-order valence-electron chi connectivity index (χ3n) is 3.64. The van der Waals surface area contributed by atoms with E-state index in [-0.39, 0.29) is 0 Å². The Kier molecular flexibility index (Phi) is 4.18. The summed E-state index contributed by atoms with van der Waals surface area (Å²) < 4.78 is 8.16. The lowest BCUT2D eigenvalue weighted by Crippen LogP contribution is -2.25. The van der Waals surface area contributed by atoms with Crippen molar-refractivity contribution in [1.29, 1.82) is 0 Å². The van der Waals surface area contributed by atoms with Gasteiger partial charge in [-0.05, 0) is 39.2 Å². The standard InChI is InChI=1S/C13H23N3O/c1-10(2)16-9-15-7-12(16)8-17-13-5-3-4-11(13)6-14/h7,9-11,13H,3-6,8,14H2,1-2H3. The molecule has 2 atom stereocenters. The molecule has 0 radical (unpaired) electrons. The van der Waals surface area contributed by atoms with Crippen LogP contribution in [0.4, 0.5) is 0 Å². The van der Waals surface area contributed by atoms with Gasteiger partial charge in [0.2, 0.25) is 0 Å². The summed E-state index contributed by atoms with van der Waals surface area (Å²) in [6, 6.07) is 0.435. The van der Waals surface area contributed by atoms with Crippen molar-refractivity contribution in [3.05, 3.63) is 18.2 Å². The van der Waals surface area contributed by atoms with Crippen molar-refractivity contribution in [3.8, 4) is 0 Å². The SMILES string of the molecule is CC(C)n1cncc1COC1CCCC1CN. The fourth-order valence-corrected chi connectivity index (χ4v) is 2.59. The van der Waals surface area contributed by atoms with Gasteiger partial charge in [0, 0.05) is 6.04 Å². The number of nitrogens with two attached hydrogens (primary N) is 1. The Labute approximate surface area is 103 Å². The highest BCUT2D eigenvalue weighted by molar-refractivity contribution is 4.98. The van der Waals surface area contributed by atoms with Gasteiger partial charge < -0.3 is 15.0 Å². The van der Waals surface area contributed by atoms with Crippen LogP contribution in [-0.4, -0.2) is 22.2 Å². The van der Waals surface area contributed by atoms with Crippen molar-refractivity contribution in [2.45, 2.75) is 51.9 Å². The molecule has 1 heterocycles. The third-order valence-corrected chi connectivity index (χ3v) is 3.64. The monoisotopic (exact) mass is 237 g/mol. The topological polar surface area (TPSA) is 53.1 Å². The van der Waals surface area contributed by atoms with Crippen molar-refractivity contribution in [1.82, 2.24) is 9.55 Å². The molecule has 1 aromatic rings. The van der Waals surface area contributed by atoms with Gasteiger partial charge >= 0.3 is 0 Å². The minimum atomic E-state index is 0.343. The minimum absolute atomic E-state index is 0.343. The van der Waals surface area contributed by atoms with Crippen LogP contribution in [0.3, 0.4) is 0 Å². The minimum Gasteiger partial charge on any atom is -0.372 e. The van der Waals surface area contributed by atoms with Gasteiger partial charge in [-0.2, -0.15) is 0 Å². The van der Waals surface area contributed by atoms with Gasteiger partial charge in [0.1, 0.15) is 0 Å². The van der Waals surface area contributed by atoms with E-state index in [1.165, 1.54) is 12.8 Å². The second-order valence-electron chi connectivity index (χ2n) is 5.16. The largest absolute Gasteiger partial charge is 0.372 e. The summed E-state index contributed by atoms with van der Waals surface area (Å²) in [4.78, 5) is 4.19. The van der Waals surface area contributed by atoms with Gasteiger partial charge in [0.25, 0.3) is 0 Å². The predicted molar refractivity (Wildman–Crippen MR) is 67.6 cm³/mol. The van der Waals surface area contributed by atoms with E-state index in [0.717, 1.165) is 18.7 Å². The second-order valence-corrected chi connectivity index (χ2v) is 5.16. The van der Waals surface area contributed by atoms with Crippen LogP contribution in [0.25, 0.3) is 0 Å². The number of aromatic nitrogens is 2. The predicted octanol–water partition coefficient (Wildman–Crippen LogP) is 2.11. The van der Waals surface area contributed by atoms with Crippen LogP contribution in [-0.2, 0) is 11.3 Å². The van der Waals surface area contributed by atoms with Gasteiger partial charge in [0.15, 0.2) is 0 Å². The summed E-state index contributed by atoms with van der Waals surface area (Å²) in [5.74, 6) is 0.547. The number of ether oxygens (including phenoxy) is 1. The number of imidazole rings is 1. The number of hydrogen-bond donors (Lipinski definition) is 1. The molecule has 2 unspecified atom stereocenters. The van der Waals surface area contributed by atoms with Crippen LogP contribution < -0.4 is 5.73 Å². The van der Waals surface area contributed by atoms with Crippen molar-refractivity contribution in [2.24, 2.45) is 11.7 Å². The van der Waals surface area contributed by atoms with Crippen molar-refractivity contribution >= 4 is 0 Å². The lowest BCUT2D eigenvalue weighted by molar-refractivity contribution is 0.0149. The molecule has 1 aromatic heterocycles. The number of nitrogens with zero attached hydrogens (tertiary/aromatic N) is 2. The van der Waals surface area contributed by atoms with Crippen LogP contribution in [0.15, 0.2) is 12.5 Å². The first kappa shape index (κ1) is 12.6. The first-order chi connectivity index (χ1) is 8.22. The van der Waals surface area contributed by atoms with E-state index in [0.29, 0.717) is 24.7 Å². The summed E-state index contributed by atoms with van der Waals surface area (Å²) >= 11 is 0. The molecule has 0 bridgehead atoms. The first-order valence-corrected chi connectivity index (χ1v) is 6.54. The Morgan fingerprint density at radius 2 is 2.35 bits per heavy atom. The number of rotatable bonds is 5. The fraction of sp³-hybridized carbons (Fsp3) is 0.769. The van der Waals surface area contributed by atoms with Crippen molar-refractivity contribution in [3.63, 3.8) is 0 Å². The Hall–Kier alpha value is -0.870. The highest BCUT2D eigenvalue weighted by Crippen LogP contribution is 2.28. The van der Waals surface area contributed by atoms with E-state index >= 15 is 0 Å². The van der Waals surface area contributed by atoms with Gasteiger partial charge in [-0.15, -0.1) is 0 Å². The lowest BCUT2D eigenvalue weighted by Gasteiger charge is -2.19. The Morgan fingerprint density at radius 1 is 1.53 bits per heavy atom. The maximum atomic E-state index is 6.00. The highest BCUT2D eigenvalue weighted by atomic mass is 16.5. The van der Waals surface area contributed by atoms with E-state index in [9.17, 15) is 0 Å². The highest BCUT2D eigenvalue weighted by Gasteiger charge is 2.26. The summed E-state index contributed by atoms with van der Waals surface area (Å²) in [5.41, 5.74) is 6.91. The van der Waals surface area contributed by atoms with E-state index < -0.39 is 0 Å². The molecule has 1 fully saturated rings. The van der Waals surface area contributed by atoms with Gasteiger partial charge in [-0.3, -0.25) is 0 Å². The average molecular weight is 237 g/mol. The van der Waals surface area contributed by atoms with Crippen molar-refractivity contribution < 1.29 is 4.74 Å². The molecular weight excluding hydrogens is 214 g/mol. The molecule has 4 nitrogen and oxygen atoms in total. The summed E-state index contributed by atoms with van der Waals surface area (Å²) in [7, 11) is 0. The maximum Gasteiger partial charge on any atom is 0.0951 e. The van der Waals surface area contributed by atoms with E-state index in [1.807, 2.05) is 12.5 Å². The molecule has 0 spiro atoms. The summed E-state index contributed by atoms with van der Waals surface area (Å²) in [5, 5.41) is 0. The summed E-state index contributed by atoms with van der Waals surface area (Å²) in [6.45, 7) is 5.71. The van der Waals surface area contributed by atoms with Crippen LogP contribution in [0.5, 0.6) is 0 Å². The third kappa shape index (κ3) is 2.87. The molecule has 4 heteroatoms. The molecule has 2 rings (SSSR count). The van der Waals surface area contributed by atoms with Crippen molar-refractivity contribution in [2.75, 3.05) is 6.54 Å². The quantitative estimate of drug-likeness (QED) is 0.853. The molecule has 0 amide bonds. The Bertz CT molecular complexity index is 348. The molecule has 1 aliphatic carbocycles. The molecule has 96 valence electrons. The van der Waals surface area contributed by atoms with E-state index in [2.05, 4.69) is 23.4 Å². The lowest BCUT2D eigenvalue weighted by atomic mass is 10.1. The molecule has 17 heavy (non-hydrogen) atoms. The second kappa shape index (κ2) is 5.65. The van der Waals surface area contributed by atoms with Crippen LogP contribution >= 0.6 is 0 Å². The van der Waals surface area contributed by atoms with Gasteiger partial charge in [-0.25, -0.2) is 4.98 Å². The average Bonchev–Trinajstić information content (AvgIpc) is 2.94. The molecule has 2 N–H and O–H groups in total. The van der Waals surface area contributed by atoms with E-state index in [1.54, 1.807) is 0 Å². The maximum absolute atomic E-state index is 6.00. The molecule has 0 saturated heterocycles. The number of hydrogen-bond acceptors (Lipinski definition) is 3. The van der Waals surface area contributed by atoms with Crippen LogP contribution in [0.1, 0.15) is 44.8 Å². The molecule has 0 aliphatic heterocycles. The zero-order valence-corrected chi connectivity index (χ0v) is 10.8. The smallest absolute Gasteiger partial charge is 0.0951 e. The molecular formula is C13H23N3O. The Morgan fingerprint density at radius 3 is 3.06 bits per heavy atom. The zero-order chi connectivity index (χ0) is 12.3. The molecule has 1 aliphatic rings. The Balaban J connectivity index is 1.91. The van der Waals surface area contributed by atoms with Gasteiger partial charge in [-0.1, -0.05) is 6.42 Å². The molecule has 1 saturated carbocycles. The first-order valence-electron chi connectivity index (χ1n) is 6.54. The molecule has 0 aromatic carbocycles. The van der Waals surface area contributed by atoms with Crippen LogP contribution in [0.2, 0.25) is 0 Å².